The molecule has 1 aromatic carbocycles. The fourth-order valence-electron chi connectivity index (χ4n) is 1.66. The van der Waals surface area contributed by atoms with Gasteiger partial charge in [-0.2, -0.15) is 5.26 Å². The van der Waals surface area contributed by atoms with Gasteiger partial charge in [0.15, 0.2) is 0 Å². The molecule has 6 nitrogen and oxygen atoms in total. The predicted octanol–water partition coefficient (Wildman–Crippen LogP) is 2.85. The molecule has 0 aliphatic carbocycles. The van der Waals surface area contributed by atoms with Crippen molar-refractivity contribution in [3.05, 3.63) is 50.0 Å². The number of nitrogens with zero attached hydrogens (tertiary/aromatic N) is 3. The van der Waals surface area contributed by atoms with E-state index in [0.717, 1.165) is 10.6 Å². The Labute approximate surface area is 119 Å². The minimum atomic E-state index is -0.536. The van der Waals surface area contributed by atoms with E-state index in [1.165, 1.54) is 18.2 Å². The zero-order valence-electron chi connectivity index (χ0n) is 10.7. The summed E-state index contributed by atoms with van der Waals surface area (Å²) in [5.41, 5.74) is 2.80. The van der Waals surface area contributed by atoms with Gasteiger partial charge in [0.25, 0.3) is 5.69 Å². The summed E-state index contributed by atoms with van der Waals surface area (Å²) in [5, 5.41) is 19.6. The quantitative estimate of drug-likeness (QED) is 0.623. The minimum Gasteiger partial charge on any atom is -0.492 e. The van der Waals surface area contributed by atoms with Crippen molar-refractivity contribution in [1.82, 2.24) is 4.98 Å². The first-order valence-electron chi connectivity index (χ1n) is 5.82. The van der Waals surface area contributed by atoms with E-state index in [1.807, 2.05) is 13.0 Å². The van der Waals surface area contributed by atoms with E-state index in [-0.39, 0.29) is 11.3 Å². The van der Waals surface area contributed by atoms with Gasteiger partial charge in [-0.3, -0.25) is 10.1 Å². The van der Waals surface area contributed by atoms with Crippen LogP contribution in [0.1, 0.15) is 16.1 Å². The number of benzene rings is 1. The summed E-state index contributed by atoms with van der Waals surface area (Å²) in [6, 6.07) is 5.90. The Morgan fingerprint density at radius 3 is 2.95 bits per heavy atom. The lowest BCUT2D eigenvalue weighted by Crippen LogP contribution is -2.03. The standard InChI is InChI=1S/C13H11N3O3S/c1-9-13(20-8-15-9)4-5-19-12-3-2-11(16(17)18)6-10(12)7-14/h2-3,6,8H,4-5H2,1H3. The maximum atomic E-state index is 10.6. The number of hydrogen-bond donors (Lipinski definition) is 0. The third-order valence-corrected chi connectivity index (χ3v) is 3.72. The maximum Gasteiger partial charge on any atom is 0.271 e. The van der Waals surface area contributed by atoms with E-state index in [4.69, 9.17) is 10.00 Å². The normalized spacial score (nSPS) is 10.0. The van der Waals surface area contributed by atoms with Gasteiger partial charge in [-0.05, 0) is 13.0 Å². The first kappa shape index (κ1) is 14.0. The van der Waals surface area contributed by atoms with Crippen molar-refractivity contribution >= 4 is 17.0 Å². The summed E-state index contributed by atoms with van der Waals surface area (Å²) < 4.78 is 5.52. The summed E-state index contributed by atoms with van der Waals surface area (Å²) >= 11 is 1.56. The fourth-order valence-corrected chi connectivity index (χ4v) is 2.43. The van der Waals surface area contributed by atoms with E-state index >= 15 is 0 Å². The second kappa shape index (κ2) is 6.12. The molecule has 0 saturated heterocycles. The molecule has 0 aliphatic rings. The minimum absolute atomic E-state index is 0.118. The Hall–Kier alpha value is -2.46. The lowest BCUT2D eigenvalue weighted by atomic mass is 10.2. The highest BCUT2D eigenvalue weighted by Gasteiger charge is 2.11. The van der Waals surface area contributed by atoms with E-state index in [0.29, 0.717) is 18.8 Å². The molecule has 0 amide bonds. The van der Waals surface area contributed by atoms with Crippen molar-refractivity contribution in [1.29, 1.82) is 5.26 Å². The van der Waals surface area contributed by atoms with Crippen LogP contribution in [0.15, 0.2) is 23.7 Å². The number of nitro benzene ring substituents is 1. The molecule has 0 radical (unpaired) electrons. The molecule has 7 heteroatoms. The summed E-state index contributed by atoms with van der Waals surface area (Å²) in [6.45, 7) is 2.33. The van der Waals surface area contributed by atoms with Gasteiger partial charge in [-0.25, -0.2) is 4.98 Å². The smallest absolute Gasteiger partial charge is 0.271 e. The molecule has 1 heterocycles. The second-order valence-corrected chi connectivity index (χ2v) is 4.95. The first-order valence-corrected chi connectivity index (χ1v) is 6.70. The van der Waals surface area contributed by atoms with Crippen LogP contribution in [-0.2, 0) is 6.42 Å². The second-order valence-electron chi connectivity index (χ2n) is 4.01. The monoisotopic (exact) mass is 289 g/mol. The van der Waals surface area contributed by atoms with Crippen molar-refractivity contribution in [3.63, 3.8) is 0 Å². The van der Waals surface area contributed by atoms with Gasteiger partial charge in [0.1, 0.15) is 17.4 Å². The highest BCUT2D eigenvalue weighted by atomic mass is 32.1. The Bertz CT molecular complexity index is 676. The zero-order valence-corrected chi connectivity index (χ0v) is 11.5. The number of rotatable bonds is 5. The van der Waals surface area contributed by atoms with Crippen molar-refractivity contribution in [3.8, 4) is 11.8 Å². The van der Waals surface area contributed by atoms with E-state index < -0.39 is 4.92 Å². The summed E-state index contributed by atoms with van der Waals surface area (Å²) in [7, 11) is 0. The molecule has 0 unspecified atom stereocenters. The number of aryl methyl sites for hydroxylation is 1. The number of hydrogen-bond acceptors (Lipinski definition) is 6. The van der Waals surface area contributed by atoms with Gasteiger partial charge in [-0.15, -0.1) is 11.3 Å². The van der Waals surface area contributed by atoms with Crippen molar-refractivity contribution in [2.75, 3.05) is 6.61 Å². The van der Waals surface area contributed by atoms with Gasteiger partial charge < -0.3 is 4.74 Å². The van der Waals surface area contributed by atoms with Gasteiger partial charge >= 0.3 is 0 Å². The number of non-ortho nitro benzene ring substituents is 1. The summed E-state index contributed by atoms with van der Waals surface area (Å²) in [5.74, 6) is 0.361. The van der Waals surface area contributed by atoms with Gasteiger partial charge in [-0.1, -0.05) is 0 Å². The molecule has 0 atom stereocenters. The van der Waals surface area contributed by atoms with Crippen molar-refractivity contribution < 1.29 is 9.66 Å². The van der Waals surface area contributed by atoms with Crippen LogP contribution in [0.4, 0.5) is 5.69 Å². The van der Waals surface area contributed by atoms with Gasteiger partial charge in [0.05, 0.1) is 22.7 Å². The van der Waals surface area contributed by atoms with Crippen LogP contribution < -0.4 is 4.74 Å². The fraction of sp³-hybridized carbons (Fsp3) is 0.231. The lowest BCUT2D eigenvalue weighted by Gasteiger charge is -2.07. The molecule has 1 aromatic heterocycles. The van der Waals surface area contributed by atoms with E-state index in [2.05, 4.69) is 4.98 Å². The number of ether oxygens (including phenoxy) is 1. The number of thiazole rings is 1. The molecule has 20 heavy (non-hydrogen) atoms. The van der Waals surface area contributed by atoms with E-state index in [1.54, 1.807) is 16.8 Å². The van der Waals surface area contributed by atoms with Crippen LogP contribution in [0.25, 0.3) is 0 Å². The molecule has 102 valence electrons. The topological polar surface area (TPSA) is 89.1 Å². The molecule has 2 rings (SSSR count). The Morgan fingerprint density at radius 2 is 2.35 bits per heavy atom. The van der Waals surface area contributed by atoms with E-state index in [9.17, 15) is 10.1 Å². The molecule has 0 saturated carbocycles. The summed E-state index contributed by atoms with van der Waals surface area (Å²) in [4.78, 5) is 15.4. The molecule has 0 aliphatic heterocycles. The number of nitro groups is 1. The van der Waals surface area contributed by atoms with Crippen LogP contribution in [0, 0.1) is 28.4 Å². The van der Waals surface area contributed by atoms with Crippen LogP contribution in [0.5, 0.6) is 5.75 Å². The SMILES string of the molecule is Cc1ncsc1CCOc1ccc([N+](=O)[O-])cc1C#N. The van der Waals surface area contributed by atoms with Crippen LogP contribution in [0.3, 0.4) is 0 Å². The van der Waals surface area contributed by atoms with Crippen LogP contribution in [0.2, 0.25) is 0 Å². The Kier molecular flexibility index (Phi) is 4.27. The Balaban J connectivity index is 2.05. The highest BCUT2D eigenvalue weighted by Crippen LogP contribution is 2.24. The molecule has 0 N–H and O–H groups in total. The maximum absolute atomic E-state index is 10.6. The lowest BCUT2D eigenvalue weighted by molar-refractivity contribution is -0.384. The highest BCUT2D eigenvalue weighted by molar-refractivity contribution is 7.09. The molecule has 2 aromatic rings. The predicted molar refractivity (Wildman–Crippen MR) is 73.9 cm³/mol. The average Bonchev–Trinajstić information content (AvgIpc) is 2.84. The summed E-state index contributed by atoms with van der Waals surface area (Å²) in [6.07, 6.45) is 0.693. The van der Waals surface area contributed by atoms with Crippen molar-refractivity contribution in [2.45, 2.75) is 13.3 Å². The molecular weight excluding hydrogens is 278 g/mol. The van der Waals surface area contributed by atoms with Crippen molar-refractivity contribution in [2.24, 2.45) is 0 Å². The van der Waals surface area contributed by atoms with Gasteiger partial charge in [0.2, 0.25) is 0 Å². The number of aromatic nitrogens is 1. The molecule has 0 fully saturated rings. The third-order valence-electron chi connectivity index (χ3n) is 2.73. The first-order chi connectivity index (χ1) is 9.61. The third kappa shape index (κ3) is 3.10. The molecule has 0 spiro atoms. The average molecular weight is 289 g/mol. The Morgan fingerprint density at radius 1 is 1.55 bits per heavy atom. The van der Waals surface area contributed by atoms with Crippen LogP contribution in [-0.4, -0.2) is 16.5 Å². The van der Waals surface area contributed by atoms with Gasteiger partial charge in [0, 0.05) is 23.4 Å². The molecule has 0 bridgehead atoms. The molecular formula is C13H11N3O3S. The largest absolute Gasteiger partial charge is 0.492 e. The van der Waals surface area contributed by atoms with Crippen LogP contribution >= 0.6 is 11.3 Å². The number of nitriles is 1. The zero-order chi connectivity index (χ0) is 14.5.